The van der Waals surface area contributed by atoms with Crippen LogP contribution in [-0.4, -0.2) is 43.9 Å². The van der Waals surface area contributed by atoms with Crippen LogP contribution in [-0.2, 0) is 9.47 Å². The summed E-state index contributed by atoms with van der Waals surface area (Å²) in [6.07, 6.45) is 1.49. The highest BCUT2D eigenvalue weighted by atomic mass is 16.5. The lowest BCUT2D eigenvalue weighted by Gasteiger charge is -2.34. The SMILES string of the molecule is COC(=O)c1cc(N2CCOCC2C)ncc1N. The molecule has 1 aliphatic heterocycles. The van der Waals surface area contributed by atoms with Gasteiger partial charge in [0, 0.05) is 6.54 Å². The van der Waals surface area contributed by atoms with Crippen LogP contribution in [0.4, 0.5) is 11.5 Å². The lowest BCUT2D eigenvalue weighted by molar-refractivity contribution is 0.0602. The lowest BCUT2D eigenvalue weighted by Crippen LogP contribution is -2.44. The standard InChI is InChI=1S/C12H17N3O3/c1-8-7-18-4-3-15(8)11-5-9(12(16)17-2)10(13)6-14-11/h5-6,8H,3-4,7,13H2,1-2H3. The molecular weight excluding hydrogens is 234 g/mol. The fraction of sp³-hybridized carbons (Fsp3) is 0.500. The van der Waals surface area contributed by atoms with E-state index >= 15 is 0 Å². The van der Waals surface area contributed by atoms with Crippen LogP contribution in [0.2, 0.25) is 0 Å². The molecule has 1 fully saturated rings. The number of anilines is 2. The number of pyridine rings is 1. The van der Waals surface area contributed by atoms with Crippen molar-refractivity contribution in [1.82, 2.24) is 4.98 Å². The minimum atomic E-state index is -0.447. The van der Waals surface area contributed by atoms with Crippen molar-refractivity contribution in [3.05, 3.63) is 17.8 Å². The number of hydrogen-bond acceptors (Lipinski definition) is 6. The Morgan fingerprint density at radius 3 is 3.11 bits per heavy atom. The molecule has 1 aliphatic rings. The molecule has 1 aromatic rings. The molecule has 1 aromatic heterocycles. The fourth-order valence-electron chi connectivity index (χ4n) is 1.97. The predicted octanol–water partition coefficient (Wildman–Crippen LogP) is 0.675. The van der Waals surface area contributed by atoms with Crippen LogP contribution in [0.25, 0.3) is 0 Å². The van der Waals surface area contributed by atoms with Crippen molar-refractivity contribution >= 4 is 17.5 Å². The molecule has 1 atom stereocenters. The average molecular weight is 251 g/mol. The van der Waals surface area contributed by atoms with Crippen molar-refractivity contribution in [2.45, 2.75) is 13.0 Å². The Morgan fingerprint density at radius 1 is 1.67 bits per heavy atom. The molecule has 6 heteroatoms. The van der Waals surface area contributed by atoms with E-state index in [1.165, 1.54) is 13.3 Å². The molecule has 18 heavy (non-hydrogen) atoms. The van der Waals surface area contributed by atoms with E-state index in [1.54, 1.807) is 6.07 Å². The maximum atomic E-state index is 11.6. The van der Waals surface area contributed by atoms with Crippen LogP contribution in [0.1, 0.15) is 17.3 Å². The third kappa shape index (κ3) is 2.38. The smallest absolute Gasteiger partial charge is 0.340 e. The first-order chi connectivity index (χ1) is 8.63. The predicted molar refractivity (Wildman–Crippen MR) is 67.6 cm³/mol. The third-order valence-electron chi connectivity index (χ3n) is 2.99. The summed E-state index contributed by atoms with van der Waals surface area (Å²) in [5.74, 6) is 0.275. The topological polar surface area (TPSA) is 77.7 Å². The van der Waals surface area contributed by atoms with E-state index in [4.69, 9.17) is 15.2 Å². The van der Waals surface area contributed by atoms with Gasteiger partial charge >= 0.3 is 5.97 Å². The summed E-state index contributed by atoms with van der Waals surface area (Å²) in [7, 11) is 1.33. The van der Waals surface area contributed by atoms with Gasteiger partial charge in [-0.1, -0.05) is 0 Å². The van der Waals surface area contributed by atoms with Gasteiger partial charge in [-0.15, -0.1) is 0 Å². The number of hydrogen-bond donors (Lipinski definition) is 1. The number of nitrogen functional groups attached to an aromatic ring is 1. The molecule has 6 nitrogen and oxygen atoms in total. The zero-order chi connectivity index (χ0) is 13.1. The van der Waals surface area contributed by atoms with Gasteiger partial charge in [-0.05, 0) is 13.0 Å². The van der Waals surface area contributed by atoms with Crippen LogP contribution >= 0.6 is 0 Å². The fourth-order valence-corrected chi connectivity index (χ4v) is 1.97. The van der Waals surface area contributed by atoms with Crippen molar-refractivity contribution in [2.24, 2.45) is 0 Å². The van der Waals surface area contributed by atoms with Crippen molar-refractivity contribution in [2.75, 3.05) is 37.5 Å². The summed E-state index contributed by atoms with van der Waals surface area (Å²) in [6, 6.07) is 1.89. The molecule has 1 saturated heterocycles. The quantitative estimate of drug-likeness (QED) is 0.779. The number of carbonyl (C=O) groups excluding carboxylic acids is 1. The Hall–Kier alpha value is -1.82. The second-order valence-corrected chi connectivity index (χ2v) is 4.24. The number of morpholine rings is 1. The van der Waals surface area contributed by atoms with Gasteiger partial charge < -0.3 is 20.1 Å². The second-order valence-electron chi connectivity index (χ2n) is 4.24. The zero-order valence-electron chi connectivity index (χ0n) is 10.5. The first-order valence-electron chi connectivity index (χ1n) is 5.81. The number of carbonyl (C=O) groups is 1. The maximum Gasteiger partial charge on any atom is 0.340 e. The third-order valence-corrected chi connectivity index (χ3v) is 2.99. The first-order valence-corrected chi connectivity index (χ1v) is 5.81. The molecule has 1 unspecified atom stereocenters. The van der Waals surface area contributed by atoms with Crippen LogP contribution in [0.15, 0.2) is 12.3 Å². The van der Waals surface area contributed by atoms with Gasteiger partial charge in [0.05, 0.1) is 43.8 Å². The Morgan fingerprint density at radius 2 is 2.44 bits per heavy atom. The van der Waals surface area contributed by atoms with Gasteiger partial charge in [-0.2, -0.15) is 0 Å². The molecule has 0 spiro atoms. The van der Waals surface area contributed by atoms with E-state index in [9.17, 15) is 4.79 Å². The molecule has 0 bridgehead atoms. The molecule has 0 saturated carbocycles. The molecule has 0 radical (unpaired) electrons. The summed E-state index contributed by atoms with van der Waals surface area (Å²) < 4.78 is 10.1. The highest BCUT2D eigenvalue weighted by Crippen LogP contribution is 2.22. The van der Waals surface area contributed by atoms with E-state index in [0.717, 1.165) is 12.4 Å². The first kappa shape index (κ1) is 12.6. The highest BCUT2D eigenvalue weighted by molar-refractivity contribution is 5.95. The summed E-state index contributed by atoms with van der Waals surface area (Å²) >= 11 is 0. The minimum absolute atomic E-state index is 0.223. The van der Waals surface area contributed by atoms with Crippen molar-refractivity contribution < 1.29 is 14.3 Å². The number of methoxy groups -OCH3 is 1. The normalized spacial score (nSPS) is 19.7. The Labute approximate surface area is 106 Å². The van der Waals surface area contributed by atoms with Crippen LogP contribution < -0.4 is 10.6 Å². The van der Waals surface area contributed by atoms with E-state index in [1.807, 2.05) is 0 Å². The lowest BCUT2D eigenvalue weighted by atomic mass is 10.2. The molecule has 98 valence electrons. The molecule has 2 N–H and O–H groups in total. The molecule has 2 rings (SSSR count). The molecular formula is C12H17N3O3. The van der Waals surface area contributed by atoms with Crippen LogP contribution in [0.5, 0.6) is 0 Å². The number of nitrogens with zero attached hydrogens (tertiary/aromatic N) is 2. The van der Waals surface area contributed by atoms with Gasteiger partial charge in [0.15, 0.2) is 0 Å². The minimum Gasteiger partial charge on any atom is -0.465 e. The number of nitrogens with two attached hydrogens (primary N) is 1. The van der Waals surface area contributed by atoms with E-state index in [2.05, 4.69) is 16.8 Å². The average Bonchev–Trinajstić information content (AvgIpc) is 2.39. The van der Waals surface area contributed by atoms with Gasteiger partial charge in [0.2, 0.25) is 0 Å². The highest BCUT2D eigenvalue weighted by Gasteiger charge is 2.22. The summed E-state index contributed by atoms with van der Waals surface area (Å²) in [6.45, 7) is 4.11. The second kappa shape index (κ2) is 5.22. The largest absolute Gasteiger partial charge is 0.465 e. The van der Waals surface area contributed by atoms with E-state index < -0.39 is 5.97 Å². The van der Waals surface area contributed by atoms with Gasteiger partial charge in [-0.25, -0.2) is 9.78 Å². The number of esters is 1. The maximum absolute atomic E-state index is 11.6. The number of ether oxygens (including phenoxy) is 2. The van der Waals surface area contributed by atoms with Gasteiger partial charge in [0.1, 0.15) is 5.82 Å². The summed E-state index contributed by atoms with van der Waals surface area (Å²) in [5.41, 5.74) is 6.40. The molecule has 2 heterocycles. The number of aromatic nitrogens is 1. The van der Waals surface area contributed by atoms with E-state index in [0.29, 0.717) is 24.5 Å². The Kier molecular flexibility index (Phi) is 3.66. The Bertz CT molecular complexity index is 450. The monoisotopic (exact) mass is 251 g/mol. The van der Waals surface area contributed by atoms with Crippen molar-refractivity contribution in [3.8, 4) is 0 Å². The van der Waals surface area contributed by atoms with Crippen LogP contribution in [0.3, 0.4) is 0 Å². The van der Waals surface area contributed by atoms with Crippen molar-refractivity contribution in [1.29, 1.82) is 0 Å². The molecule has 0 aliphatic carbocycles. The Balaban J connectivity index is 2.31. The molecule has 0 aromatic carbocycles. The molecule has 0 amide bonds. The van der Waals surface area contributed by atoms with Crippen molar-refractivity contribution in [3.63, 3.8) is 0 Å². The number of rotatable bonds is 2. The van der Waals surface area contributed by atoms with E-state index in [-0.39, 0.29) is 6.04 Å². The van der Waals surface area contributed by atoms with Gasteiger partial charge in [0.25, 0.3) is 0 Å². The van der Waals surface area contributed by atoms with Crippen LogP contribution in [0, 0.1) is 0 Å². The zero-order valence-corrected chi connectivity index (χ0v) is 10.5. The summed E-state index contributed by atoms with van der Waals surface area (Å²) in [5, 5.41) is 0. The van der Waals surface area contributed by atoms with Gasteiger partial charge in [-0.3, -0.25) is 0 Å². The summed E-state index contributed by atoms with van der Waals surface area (Å²) in [4.78, 5) is 17.9.